The molecule has 3 aromatic rings. The summed E-state index contributed by atoms with van der Waals surface area (Å²) in [5, 5.41) is 8.33. The van der Waals surface area contributed by atoms with Gasteiger partial charge in [-0.2, -0.15) is 4.68 Å². The summed E-state index contributed by atoms with van der Waals surface area (Å²) in [6.45, 7) is 0.0496. The molecule has 0 radical (unpaired) electrons. The zero-order valence-corrected chi connectivity index (χ0v) is 12.7. The quantitative estimate of drug-likeness (QED) is 0.779. The number of nitrogens with zero attached hydrogens (tertiary/aromatic N) is 2. The highest BCUT2D eigenvalue weighted by atomic mass is 32.1. The fourth-order valence-electron chi connectivity index (χ4n) is 1.93. The van der Waals surface area contributed by atoms with Gasteiger partial charge in [-0.05, 0) is 23.6 Å². The highest BCUT2D eigenvalue weighted by Gasteiger charge is 2.13. The molecule has 0 saturated heterocycles. The molecule has 2 aromatic heterocycles. The van der Waals surface area contributed by atoms with Crippen molar-refractivity contribution in [1.29, 1.82) is 0 Å². The molecule has 3 rings (SSSR count). The molecule has 8 heteroatoms. The average molecular weight is 333 g/mol. The lowest BCUT2D eigenvalue weighted by Gasteiger charge is -2.05. The van der Waals surface area contributed by atoms with Gasteiger partial charge < -0.3 is 9.73 Å². The number of thiophene rings is 1. The van der Waals surface area contributed by atoms with E-state index in [2.05, 4.69) is 10.4 Å². The van der Waals surface area contributed by atoms with Crippen molar-refractivity contribution < 1.29 is 13.6 Å². The molecular formula is C15H12FN3O3S. The smallest absolute Gasteiger partial charge is 0.387 e. The lowest BCUT2D eigenvalue weighted by atomic mass is 10.3. The summed E-state index contributed by atoms with van der Waals surface area (Å²) < 4.78 is 19.6. The van der Waals surface area contributed by atoms with Crippen molar-refractivity contribution in [2.75, 3.05) is 5.32 Å². The minimum Gasteiger partial charge on any atom is -0.387 e. The van der Waals surface area contributed by atoms with Crippen LogP contribution < -0.4 is 11.1 Å². The SMILES string of the molecule is O=C(CCn1nc(-c2cccs2)oc1=O)Nc1ccccc1F. The number of anilines is 1. The molecular weight excluding hydrogens is 321 g/mol. The standard InChI is InChI=1S/C15H12FN3O3S/c16-10-4-1-2-5-11(10)17-13(20)7-8-19-15(21)22-14(18-19)12-6-3-9-23-12/h1-6,9H,7-8H2,(H,17,20). The van der Waals surface area contributed by atoms with E-state index < -0.39 is 17.5 Å². The van der Waals surface area contributed by atoms with Crippen LogP contribution in [0.3, 0.4) is 0 Å². The van der Waals surface area contributed by atoms with Crippen LogP contribution in [0.25, 0.3) is 10.8 Å². The van der Waals surface area contributed by atoms with E-state index in [0.717, 1.165) is 9.56 Å². The highest BCUT2D eigenvalue weighted by molar-refractivity contribution is 7.13. The summed E-state index contributed by atoms with van der Waals surface area (Å²) in [5.74, 6) is -1.34. The van der Waals surface area contributed by atoms with Gasteiger partial charge in [0, 0.05) is 6.42 Å². The van der Waals surface area contributed by atoms with Gasteiger partial charge in [0.1, 0.15) is 5.82 Å². The van der Waals surface area contributed by atoms with Crippen LogP contribution >= 0.6 is 11.3 Å². The maximum atomic E-state index is 13.4. The number of benzene rings is 1. The maximum absolute atomic E-state index is 13.4. The van der Waals surface area contributed by atoms with E-state index in [0.29, 0.717) is 0 Å². The minimum atomic E-state index is -0.632. The Hall–Kier alpha value is -2.74. The van der Waals surface area contributed by atoms with Gasteiger partial charge in [0.05, 0.1) is 17.1 Å². The fourth-order valence-corrected chi connectivity index (χ4v) is 2.57. The number of carbonyl (C=O) groups is 1. The van der Waals surface area contributed by atoms with Crippen molar-refractivity contribution in [1.82, 2.24) is 9.78 Å². The van der Waals surface area contributed by atoms with Crippen LogP contribution in [0.4, 0.5) is 10.1 Å². The largest absolute Gasteiger partial charge is 0.437 e. The molecule has 0 aliphatic rings. The summed E-state index contributed by atoms with van der Waals surface area (Å²) in [4.78, 5) is 24.3. The van der Waals surface area contributed by atoms with Crippen LogP contribution in [0.5, 0.6) is 0 Å². The molecule has 0 aliphatic heterocycles. The van der Waals surface area contributed by atoms with Crippen molar-refractivity contribution in [3.05, 3.63) is 58.1 Å². The number of halogens is 1. The van der Waals surface area contributed by atoms with Gasteiger partial charge in [-0.15, -0.1) is 16.4 Å². The van der Waals surface area contributed by atoms with E-state index in [9.17, 15) is 14.0 Å². The van der Waals surface area contributed by atoms with E-state index in [1.165, 1.54) is 29.5 Å². The molecule has 0 saturated carbocycles. The molecule has 6 nitrogen and oxygen atoms in total. The van der Waals surface area contributed by atoms with E-state index >= 15 is 0 Å². The average Bonchev–Trinajstić information content (AvgIpc) is 3.17. The van der Waals surface area contributed by atoms with E-state index in [4.69, 9.17) is 4.42 Å². The predicted octanol–water partition coefficient (Wildman–Crippen LogP) is 2.73. The molecule has 0 bridgehead atoms. The van der Waals surface area contributed by atoms with Crippen molar-refractivity contribution in [3.63, 3.8) is 0 Å². The van der Waals surface area contributed by atoms with Gasteiger partial charge in [-0.3, -0.25) is 4.79 Å². The number of nitrogens with one attached hydrogen (secondary N) is 1. The van der Waals surface area contributed by atoms with Crippen LogP contribution in [0.15, 0.2) is 51.0 Å². The van der Waals surface area contributed by atoms with E-state index in [1.807, 2.05) is 11.4 Å². The zero-order chi connectivity index (χ0) is 16.2. The Balaban J connectivity index is 1.63. The molecule has 23 heavy (non-hydrogen) atoms. The van der Waals surface area contributed by atoms with Crippen molar-refractivity contribution in [3.8, 4) is 10.8 Å². The fraction of sp³-hybridized carbons (Fsp3) is 0.133. The predicted molar refractivity (Wildman–Crippen MR) is 83.7 cm³/mol. The topological polar surface area (TPSA) is 77.1 Å². The molecule has 0 unspecified atom stereocenters. The van der Waals surface area contributed by atoms with Gasteiger partial charge in [-0.1, -0.05) is 18.2 Å². The molecule has 2 heterocycles. The van der Waals surface area contributed by atoms with Crippen LogP contribution in [0.1, 0.15) is 6.42 Å². The lowest BCUT2D eigenvalue weighted by molar-refractivity contribution is -0.116. The molecule has 1 aromatic carbocycles. The Morgan fingerprint density at radius 3 is 2.87 bits per heavy atom. The summed E-state index contributed by atoms with van der Waals surface area (Å²) in [7, 11) is 0. The molecule has 1 amide bonds. The van der Waals surface area contributed by atoms with Crippen molar-refractivity contribution in [2.45, 2.75) is 13.0 Å². The van der Waals surface area contributed by atoms with Crippen molar-refractivity contribution >= 4 is 22.9 Å². The Morgan fingerprint density at radius 1 is 1.30 bits per heavy atom. The van der Waals surface area contributed by atoms with Crippen LogP contribution in [0, 0.1) is 5.82 Å². The first-order valence-corrected chi connectivity index (χ1v) is 7.67. The third-order valence-electron chi connectivity index (χ3n) is 3.04. The number of carbonyl (C=O) groups excluding carboxylic acids is 1. The van der Waals surface area contributed by atoms with Gasteiger partial charge >= 0.3 is 5.76 Å². The Morgan fingerprint density at radius 2 is 2.13 bits per heavy atom. The monoisotopic (exact) mass is 333 g/mol. The number of para-hydroxylation sites is 1. The van der Waals surface area contributed by atoms with E-state index in [1.54, 1.807) is 12.1 Å². The Kier molecular flexibility index (Phi) is 4.33. The summed E-state index contributed by atoms with van der Waals surface area (Å²) in [5.41, 5.74) is 0.101. The van der Waals surface area contributed by atoms with E-state index in [-0.39, 0.29) is 24.5 Å². The number of hydrogen-bond acceptors (Lipinski definition) is 5. The normalized spacial score (nSPS) is 10.7. The van der Waals surface area contributed by atoms with Gasteiger partial charge in [0.2, 0.25) is 5.91 Å². The second-order valence-electron chi connectivity index (χ2n) is 4.65. The van der Waals surface area contributed by atoms with Crippen LogP contribution in [-0.4, -0.2) is 15.7 Å². The molecule has 0 fully saturated rings. The van der Waals surface area contributed by atoms with Gasteiger partial charge in [0.15, 0.2) is 0 Å². The minimum absolute atomic E-state index is 0.0232. The number of aromatic nitrogens is 2. The molecule has 0 spiro atoms. The number of hydrogen-bond donors (Lipinski definition) is 1. The Bertz CT molecular complexity index is 870. The molecule has 1 N–H and O–H groups in total. The number of aryl methyl sites for hydroxylation is 1. The first-order valence-electron chi connectivity index (χ1n) is 6.79. The first kappa shape index (κ1) is 15.2. The zero-order valence-electron chi connectivity index (χ0n) is 11.9. The van der Waals surface area contributed by atoms with Crippen LogP contribution in [0.2, 0.25) is 0 Å². The van der Waals surface area contributed by atoms with Gasteiger partial charge in [-0.25, -0.2) is 9.18 Å². The number of amides is 1. The third kappa shape index (κ3) is 3.54. The van der Waals surface area contributed by atoms with Gasteiger partial charge in [0.25, 0.3) is 5.89 Å². The van der Waals surface area contributed by atoms with Crippen LogP contribution in [-0.2, 0) is 11.3 Å². The maximum Gasteiger partial charge on any atom is 0.437 e. The summed E-state index contributed by atoms with van der Waals surface area (Å²) in [6, 6.07) is 9.47. The number of rotatable bonds is 5. The van der Waals surface area contributed by atoms with Crippen molar-refractivity contribution in [2.24, 2.45) is 0 Å². The highest BCUT2D eigenvalue weighted by Crippen LogP contribution is 2.21. The second kappa shape index (κ2) is 6.57. The molecule has 118 valence electrons. The third-order valence-corrected chi connectivity index (χ3v) is 3.89. The Labute approximate surface area is 134 Å². The summed E-state index contributed by atoms with van der Waals surface area (Å²) >= 11 is 1.40. The second-order valence-corrected chi connectivity index (χ2v) is 5.60. The summed E-state index contributed by atoms with van der Waals surface area (Å²) in [6.07, 6.45) is -0.0232. The molecule has 0 atom stereocenters. The molecule has 0 aliphatic carbocycles. The lowest BCUT2D eigenvalue weighted by Crippen LogP contribution is -2.21. The first-order chi connectivity index (χ1) is 11.1.